The van der Waals surface area contributed by atoms with Crippen molar-refractivity contribution in [3.05, 3.63) is 76.7 Å². The summed E-state index contributed by atoms with van der Waals surface area (Å²) >= 11 is 6.43. The van der Waals surface area contributed by atoms with Crippen LogP contribution in [0.3, 0.4) is 0 Å². The van der Waals surface area contributed by atoms with Gasteiger partial charge in [-0.2, -0.15) is 18.4 Å². The number of pyridine rings is 2. The summed E-state index contributed by atoms with van der Waals surface area (Å²) in [6.45, 7) is 2.51. The molecule has 0 radical (unpaired) electrons. The van der Waals surface area contributed by atoms with Crippen LogP contribution in [0.4, 0.5) is 30.2 Å². The van der Waals surface area contributed by atoms with E-state index < -0.39 is 18.3 Å². The third kappa shape index (κ3) is 8.06. The quantitative estimate of drug-likeness (QED) is 0.170. The second-order valence-electron chi connectivity index (χ2n) is 9.97. The van der Waals surface area contributed by atoms with Gasteiger partial charge in [-0.3, -0.25) is 14.8 Å². The van der Waals surface area contributed by atoms with Gasteiger partial charge in [0, 0.05) is 36.0 Å². The average Bonchev–Trinajstić information content (AvgIpc) is 2.97. The van der Waals surface area contributed by atoms with E-state index in [1.165, 1.54) is 30.6 Å². The van der Waals surface area contributed by atoms with Crippen molar-refractivity contribution in [1.29, 1.82) is 5.26 Å². The zero-order valence-electron chi connectivity index (χ0n) is 24.3. The lowest BCUT2D eigenvalue weighted by molar-refractivity contribution is -0.138. The van der Waals surface area contributed by atoms with E-state index in [0.717, 1.165) is 12.6 Å². The highest BCUT2D eigenvalue weighted by Crippen LogP contribution is 2.38. The van der Waals surface area contributed by atoms with Crippen molar-refractivity contribution in [2.45, 2.75) is 32.5 Å². The molecule has 0 aliphatic carbocycles. The molecule has 4 rings (SSSR count). The van der Waals surface area contributed by atoms with E-state index in [-0.39, 0.29) is 27.9 Å². The highest BCUT2D eigenvalue weighted by molar-refractivity contribution is 6.32. The molecule has 0 bridgehead atoms. The van der Waals surface area contributed by atoms with Crippen molar-refractivity contribution >= 4 is 45.5 Å². The Hall–Kier alpha value is -4.60. The number of alkyl halides is 3. The molecule has 0 aliphatic rings. The number of hydrogen-bond acceptors (Lipinski definition) is 8. The predicted octanol–water partition coefficient (Wildman–Crippen LogP) is 7.18. The summed E-state index contributed by atoms with van der Waals surface area (Å²) in [5, 5.41) is 16.6. The van der Waals surface area contributed by atoms with Crippen LogP contribution in [0.1, 0.15) is 36.6 Å². The molecule has 13 heteroatoms. The molecule has 44 heavy (non-hydrogen) atoms. The molecule has 2 heterocycles. The van der Waals surface area contributed by atoms with Crippen molar-refractivity contribution in [3.63, 3.8) is 0 Å². The summed E-state index contributed by atoms with van der Waals surface area (Å²) in [4.78, 5) is 22.9. The largest absolute Gasteiger partial charge is 0.492 e. The SMILES string of the molecule is CCOc1cc2ncc(C#N)c(Nc3ccc(OCc4ncccc4C(F)(F)F)c(Cl)c3)c2cc1NC(=O)CCCN(C)C. The minimum atomic E-state index is -4.57. The lowest BCUT2D eigenvalue weighted by Crippen LogP contribution is -2.17. The zero-order valence-corrected chi connectivity index (χ0v) is 25.0. The van der Waals surface area contributed by atoms with Gasteiger partial charge in [-0.25, -0.2) is 0 Å². The molecular weight excluding hydrogens is 597 g/mol. The van der Waals surface area contributed by atoms with Gasteiger partial charge in [-0.1, -0.05) is 11.6 Å². The zero-order chi connectivity index (χ0) is 31.9. The molecule has 1 amide bonds. The van der Waals surface area contributed by atoms with Gasteiger partial charge in [0.25, 0.3) is 0 Å². The molecule has 0 spiro atoms. The molecule has 0 saturated heterocycles. The van der Waals surface area contributed by atoms with Crippen molar-refractivity contribution in [2.24, 2.45) is 0 Å². The molecule has 2 aromatic carbocycles. The van der Waals surface area contributed by atoms with Crippen LogP contribution < -0.4 is 20.1 Å². The number of nitriles is 1. The fraction of sp³-hybridized carbons (Fsp3) is 0.290. The van der Waals surface area contributed by atoms with Gasteiger partial charge >= 0.3 is 6.18 Å². The number of benzene rings is 2. The van der Waals surface area contributed by atoms with E-state index in [2.05, 4.69) is 26.7 Å². The van der Waals surface area contributed by atoms with Crippen LogP contribution in [0.25, 0.3) is 10.9 Å². The monoisotopic (exact) mass is 626 g/mol. The lowest BCUT2D eigenvalue weighted by atomic mass is 10.1. The second-order valence-corrected chi connectivity index (χ2v) is 10.4. The molecule has 0 unspecified atom stereocenters. The van der Waals surface area contributed by atoms with Gasteiger partial charge in [0.2, 0.25) is 5.91 Å². The number of aromatic nitrogens is 2. The topological polar surface area (TPSA) is 112 Å². The molecule has 0 atom stereocenters. The Morgan fingerprint density at radius 3 is 2.59 bits per heavy atom. The van der Waals surface area contributed by atoms with Gasteiger partial charge in [-0.05, 0) is 70.4 Å². The Balaban J connectivity index is 1.61. The first kappa shape index (κ1) is 32.3. The third-order valence-electron chi connectivity index (χ3n) is 6.43. The number of anilines is 3. The van der Waals surface area contributed by atoms with Crippen LogP contribution in [-0.4, -0.2) is 48.0 Å². The van der Waals surface area contributed by atoms with Crippen LogP contribution in [0.5, 0.6) is 11.5 Å². The fourth-order valence-corrected chi connectivity index (χ4v) is 4.61. The molecule has 0 fully saturated rings. The minimum Gasteiger partial charge on any atom is -0.492 e. The highest BCUT2D eigenvalue weighted by atomic mass is 35.5. The van der Waals surface area contributed by atoms with Gasteiger partial charge in [0.05, 0.1) is 45.3 Å². The molecule has 0 aliphatic heterocycles. The van der Waals surface area contributed by atoms with Crippen molar-refractivity contribution in [1.82, 2.24) is 14.9 Å². The lowest BCUT2D eigenvalue weighted by Gasteiger charge is -2.17. The van der Waals surface area contributed by atoms with Crippen molar-refractivity contribution in [3.8, 4) is 17.6 Å². The van der Waals surface area contributed by atoms with Crippen LogP contribution in [0.15, 0.2) is 54.9 Å². The summed E-state index contributed by atoms with van der Waals surface area (Å²) in [7, 11) is 3.87. The Labute approximate surface area is 257 Å². The van der Waals surface area contributed by atoms with E-state index in [4.69, 9.17) is 21.1 Å². The van der Waals surface area contributed by atoms with Gasteiger partial charge in [0.15, 0.2) is 0 Å². The van der Waals surface area contributed by atoms with Crippen molar-refractivity contribution in [2.75, 3.05) is 37.9 Å². The first-order chi connectivity index (χ1) is 21.0. The smallest absolute Gasteiger partial charge is 0.418 e. The summed E-state index contributed by atoms with van der Waals surface area (Å²) in [5.41, 5.74) is 0.911. The number of fused-ring (bicyclic) bond motifs is 1. The average molecular weight is 627 g/mol. The summed E-state index contributed by atoms with van der Waals surface area (Å²) in [6.07, 6.45) is -0.907. The predicted molar refractivity (Wildman–Crippen MR) is 162 cm³/mol. The number of carbonyl (C=O) groups excluding carboxylic acids is 1. The van der Waals surface area contributed by atoms with Crippen LogP contribution >= 0.6 is 11.6 Å². The maximum Gasteiger partial charge on any atom is 0.418 e. The number of halogens is 4. The summed E-state index contributed by atoms with van der Waals surface area (Å²) in [5.74, 6) is 0.411. The Kier molecular flexibility index (Phi) is 10.5. The number of nitrogens with zero attached hydrogens (tertiary/aromatic N) is 4. The molecule has 2 aromatic heterocycles. The van der Waals surface area contributed by atoms with E-state index >= 15 is 0 Å². The normalized spacial score (nSPS) is 11.3. The molecule has 230 valence electrons. The first-order valence-corrected chi connectivity index (χ1v) is 14.0. The van der Waals surface area contributed by atoms with E-state index in [1.807, 2.05) is 25.9 Å². The van der Waals surface area contributed by atoms with Crippen LogP contribution in [0.2, 0.25) is 5.02 Å². The summed E-state index contributed by atoms with van der Waals surface area (Å²) in [6, 6.07) is 12.3. The minimum absolute atomic E-state index is 0.126. The molecule has 2 N–H and O–H groups in total. The number of carbonyl (C=O) groups is 1. The number of ether oxygens (including phenoxy) is 2. The Bertz CT molecular complexity index is 1690. The standard InChI is InChI=1S/C31H30ClF3N6O3/c1-4-43-28-15-24-21(14-25(28)40-29(42)8-6-12-41(2)3)30(19(16-36)17-38-24)39-20-9-10-27(23(32)13-20)44-18-26-22(31(33,34)35)7-5-11-37-26/h5,7,9-11,13-15,17H,4,6,8,12,18H2,1-3H3,(H,38,39)(H,40,42). The second kappa shape index (κ2) is 14.2. The maximum absolute atomic E-state index is 13.3. The number of nitrogens with one attached hydrogen (secondary N) is 2. The Morgan fingerprint density at radius 2 is 1.91 bits per heavy atom. The molecule has 4 aromatic rings. The maximum atomic E-state index is 13.3. The Morgan fingerprint density at radius 1 is 1.11 bits per heavy atom. The van der Waals surface area contributed by atoms with Crippen molar-refractivity contribution < 1.29 is 27.4 Å². The summed E-state index contributed by atoms with van der Waals surface area (Å²) < 4.78 is 51.3. The van der Waals surface area contributed by atoms with Gasteiger partial charge < -0.3 is 25.0 Å². The highest BCUT2D eigenvalue weighted by Gasteiger charge is 2.34. The van der Waals surface area contributed by atoms with Gasteiger partial charge in [-0.15, -0.1) is 0 Å². The van der Waals surface area contributed by atoms with E-state index in [0.29, 0.717) is 53.2 Å². The third-order valence-corrected chi connectivity index (χ3v) is 6.73. The number of amides is 1. The van der Waals surface area contributed by atoms with Gasteiger partial charge in [0.1, 0.15) is 24.2 Å². The van der Waals surface area contributed by atoms with Crippen LogP contribution in [0, 0.1) is 11.3 Å². The molecule has 9 nitrogen and oxygen atoms in total. The van der Waals surface area contributed by atoms with E-state index in [1.54, 1.807) is 18.2 Å². The first-order valence-electron chi connectivity index (χ1n) is 13.6. The molecular formula is C31H30ClF3N6O3. The van der Waals surface area contributed by atoms with Crippen LogP contribution in [-0.2, 0) is 17.6 Å². The number of rotatable bonds is 12. The molecule has 0 saturated carbocycles. The fourth-order valence-electron chi connectivity index (χ4n) is 4.38. The number of hydrogen-bond donors (Lipinski definition) is 2. The van der Waals surface area contributed by atoms with E-state index in [9.17, 15) is 23.2 Å².